The fourth-order valence-electron chi connectivity index (χ4n) is 3.98. The monoisotopic (exact) mass is 394 g/mol. The van der Waals surface area contributed by atoms with Gasteiger partial charge in [-0.05, 0) is 49.9 Å². The predicted molar refractivity (Wildman–Crippen MR) is 112 cm³/mol. The predicted octanol–water partition coefficient (Wildman–Crippen LogP) is 3.43. The van der Waals surface area contributed by atoms with Crippen molar-refractivity contribution in [1.82, 2.24) is 14.4 Å². The van der Waals surface area contributed by atoms with E-state index in [1.165, 1.54) is 18.2 Å². The molecule has 5 heteroatoms. The number of nitrogens with zero attached hydrogens (tertiary/aromatic N) is 3. The maximum atomic E-state index is 13.9. The van der Waals surface area contributed by atoms with E-state index in [1.54, 1.807) is 6.92 Å². The van der Waals surface area contributed by atoms with Gasteiger partial charge in [-0.2, -0.15) is 0 Å². The quantitative estimate of drug-likeness (QED) is 0.798. The maximum absolute atomic E-state index is 13.9. The van der Waals surface area contributed by atoms with E-state index in [2.05, 4.69) is 0 Å². The molecular weight excluding hydrogens is 350 g/mol. The van der Waals surface area contributed by atoms with Gasteiger partial charge in [0.1, 0.15) is 0 Å². The fourth-order valence-corrected chi connectivity index (χ4v) is 3.98. The minimum Gasteiger partial charge on any atom is -0.343 e. The van der Waals surface area contributed by atoms with Crippen molar-refractivity contribution in [3.05, 3.63) is 41.6 Å². The third kappa shape index (κ3) is 2.80. The first-order chi connectivity index (χ1) is 19.4. The molecule has 5 nitrogen and oxygen atoms in total. The zero-order chi connectivity index (χ0) is 32.8. The van der Waals surface area contributed by atoms with Gasteiger partial charge in [0.25, 0.3) is 0 Å². The zero-order valence-electron chi connectivity index (χ0n) is 30.2. The van der Waals surface area contributed by atoms with Gasteiger partial charge < -0.3 is 4.90 Å². The average molecular weight is 395 g/mol. The molecule has 0 saturated carbocycles. The second-order valence-electron chi connectivity index (χ2n) is 6.80. The number of carbonyl (C=O) groups is 2. The van der Waals surface area contributed by atoms with Crippen LogP contribution in [0, 0.1) is 5.92 Å². The summed E-state index contributed by atoms with van der Waals surface area (Å²) in [6.07, 6.45) is 0.973. The van der Waals surface area contributed by atoms with Gasteiger partial charge in [0.2, 0.25) is 11.8 Å². The molecule has 2 aromatic rings. The topological polar surface area (TPSA) is 45.6 Å². The molecule has 0 N–H and O–H groups in total. The lowest BCUT2D eigenvalue weighted by Gasteiger charge is -2.40. The summed E-state index contributed by atoms with van der Waals surface area (Å²) in [5.41, 5.74) is 0.937. The zero-order valence-corrected chi connectivity index (χ0v) is 15.2. The molecule has 1 aliphatic carbocycles. The minimum atomic E-state index is -3.83. The summed E-state index contributed by atoms with van der Waals surface area (Å²) in [6.45, 7) is -17.1. The third-order valence-electron chi connectivity index (χ3n) is 5.29. The number of benzene rings is 1. The van der Waals surface area contributed by atoms with Crippen LogP contribution in [0.1, 0.15) is 63.5 Å². The first-order valence-corrected chi connectivity index (χ1v) is 8.88. The highest BCUT2D eigenvalue weighted by atomic mass is 16.2. The van der Waals surface area contributed by atoms with E-state index in [4.69, 9.17) is 20.6 Å². The van der Waals surface area contributed by atoms with Crippen molar-refractivity contribution in [3.63, 3.8) is 0 Å². The Bertz CT molecular complexity index is 1490. The van der Waals surface area contributed by atoms with E-state index in [1.807, 2.05) is 0 Å². The Kier molecular flexibility index (Phi) is 2.10. The van der Waals surface area contributed by atoms with Crippen LogP contribution in [0.15, 0.2) is 30.4 Å². The lowest BCUT2D eigenvalue weighted by Crippen LogP contribution is -2.47. The summed E-state index contributed by atoms with van der Waals surface area (Å²) in [7, 11) is 0. The molecule has 2 aliphatic rings. The van der Waals surface area contributed by atoms with Gasteiger partial charge in [0.05, 0.1) is 14.2 Å². The molecule has 4 rings (SSSR count). The van der Waals surface area contributed by atoms with Crippen LogP contribution in [0.5, 0.6) is 0 Å². The number of amides is 1. The number of likely N-dealkylation sites (N-methyl/N-ethyl adjacent to an activating group) is 1. The van der Waals surface area contributed by atoms with Crippen molar-refractivity contribution in [3.8, 4) is 0 Å². The Morgan fingerprint density at radius 2 is 2.18 bits per heavy atom. The minimum absolute atomic E-state index is 0.0313. The summed E-state index contributed by atoms with van der Waals surface area (Å²) in [6, 6.07) is 1.60. The van der Waals surface area contributed by atoms with E-state index in [0.29, 0.717) is 10.9 Å². The SMILES string of the molecule is [2H]c1cc2c3c(c([2H])n(C(=O)CC)c3c1)C[C@@H]1C2=C[C@@H](C(=O)N(C([2H])([2H])C([2H])([2H])[2H])C([2H])([2H])C([2H])([2H])[2H])CN1C([2H])([2H])[2H]. The fraction of sp³-hybridized carbons (Fsp3) is 0.478. The van der Waals surface area contributed by atoms with Gasteiger partial charge in [-0.25, -0.2) is 0 Å². The molecule has 0 unspecified atom stereocenters. The van der Waals surface area contributed by atoms with Gasteiger partial charge in [-0.3, -0.25) is 19.1 Å². The summed E-state index contributed by atoms with van der Waals surface area (Å²) in [5.74, 6) is -3.78. The molecular formula is C23H29N3O2. The van der Waals surface area contributed by atoms with Gasteiger partial charge in [0, 0.05) is 61.4 Å². The molecule has 0 bridgehead atoms. The normalized spacial score (nSPS) is 31.6. The Labute approximate surface area is 187 Å². The smallest absolute Gasteiger partial charge is 0.230 e. The summed E-state index contributed by atoms with van der Waals surface area (Å²) >= 11 is 0. The standard InChI is InChI=1S/C23H29N3O2/c1-5-21(27)26-14-15-12-20-18(17-9-8-10-19(26)22(15)17)11-16(13-24(20)4)23(28)25(6-2)7-3/h8-11,14,16,20H,5-7,12-13H2,1-4H3/t16-,20-/m1/s1/i2D3,3D3,4D3,6D2,7D2,8D,14D. The Morgan fingerprint density at radius 3 is 2.89 bits per heavy atom. The number of rotatable bonds is 4. The van der Waals surface area contributed by atoms with Crippen LogP contribution in [-0.2, 0) is 11.2 Å². The molecule has 2 atom stereocenters. The molecule has 1 aromatic carbocycles. The largest absolute Gasteiger partial charge is 0.343 e. The summed E-state index contributed by atoms with van der Waals surface area (Å²) < 4.78 is 121. The van der Waals surface area contributed by atoms with Crippen molar-refractivity contribution in [1.29, 1.82) is 0 Å². The van der Waals surface area contributed by atoms with Crippen LogP contribution in [0.4, 0.5) is 0 Å². The first-order valence-electron chi connectivity index (χ1n) is 16.4. The van der Waals surface area contributed by atoms with Crippen LogP contribution >= 0.6 is 0 Å². The maximum Gasteiger partial charge on any atom is 0.230 e. The van der Waals surface area contributed by atoms with E-state index in [-0.39, 0.29) is 41.7 Å². The molecule has 0 saturated heterocycles. The van der Waals surface area contributed by atoms with Crippen LogP contribution in [0.3, 0.4) is 0 Å². The van der Waals surface area contributed by atoms with Gasteiger partial charge in [-0.15, -0.1) is 0 Å². The summed E-state index contributed by atoms with van der Waals surface area (Å²) in [4.78, 5) is 27.1. The summed E-state index contributed by atoms with van der Waals surface area (Å²) in [5, 5.41) is 0.372. The van der Waals surface area contributed by atoms with Crippen molar-refractivity contribution in [2.24, 2.45) is 5.92 Å². The molecule has 1 aliphatic heterocycles. The van der Waals surface area contributed by atoms with Gasteiger partial charge >= 0.3 is 0 Å². The first kappa shape index (κ1) is 8.15. The molecule has 148 valence electrons. The Balaban J connectivity index is 2.00. The third-order valence-corrected chi connectivity index (χ3v) is 5.29. The molecule has 0 radical (unpaired) electrons. The highest BCUT2D eigenvalue weighted by Gasteiger charge is 2.37. The molecule has 0 spiro atoms. The number of aromatic nitrogens is 1. The van der Waals surface area contributed by atoms with Crippen molar-refractivity contribution < 1.29 is 30.2 Å². The average Bonchev–Trinajstić information content (AvgIpc) is 3.12. The van der Waals surface area contributed by atoms with Crippen molar-refractivity contribution in [2.75, 3.05) is 26.5 Å². The number of carbonyl (C=O) groups excluding carboxylic acids is 2. The van der Waals surface area contributed by atoms with E-state index in [9.17, 15) is 9.59 Å². The Morgan fingerprint density at radius 1 is 1.36 bits per heavy atom. The van der Waals surface area contributed by atoms with Crippen LogP contribution in [0.25, 0.3) is 16.5 Å². The van der Waals surface area contributed by atoms with Crippen molar-refractivity contribution >= 4 is 28.3 Å². The lowest BCUT2D eigenvalue weighted by molar-refractivity contribution is -0.134. The Hall–Kier alpha value is -2.40. The highest BCUT2D eigenvalue weighted by molar-refractivity contribution is 6.03. The van der Waals surface area contributed by atoms with E-state index in [0.717, 1.165) is 9.47 Å². The van der Waals surface area contributed by atoms with Crippen molar-refractivity contribution in [2.45, 2.75) is 39.5 Å². The van der Waals surface area contributed by atoms with Crippen LogP contribution in [-0.4, -0.2) is 58.7 Å². The van der Waals surface area contributed by atoms with Crippen LogP contribution < -0.4 is 0 Å². The van der Waals surface area contributed by atoms with Crippen LogP contribution in [0.2, 0.25) is 0 Å². The van der Waals surface area contributed by atoms with Gasteiger partial charge in [-0.1, -0.05) is 25.1 Å². The number of fused-ring (bicyclic) bond motifs is 2. The van der Waals surface area contributed by atoms with E-state index < -0.39 is 68.9 Å². The second kappa shape index (κ2) is 7.21. The lowest BCUT2D eigenvalue weighted by atomic mass is 9.79. The number of hydrogen-bond donors (Lipinski definition) is 0. The number of hydrogen-bond acceptors (Lipinski definition) is 3. The van der Waals surface area contributed by atoms with Gasteiger partial charge in [0.15, 0.2) is 0 Å². The second-order valence-corrected chi connectivity index (χ2v) is 6.80. The molecule has 1 amide bonds. The highest BCUT2D eigenvalue weighted by Crippen LogP contribution is 2.41. The molecule has 2 heterocycles. The molecule has 1 aromatic heterocycles. The molecule has 28 heavy (non-hydrogen) atoms. The molecule has 0 fully saturated rings. The van der Waals surface area contributed by atoms with E-state index >= 15 is 0 Å².